The lowest BCUT2D eigenvalue weighted by Crippen LogP contribution is -2.53. The largest absolute Gasteiger partial charge is 0.390 e. The van der Waals surface area contributed by atoms with E-state index in [-0.39, 0.29) is 11.2 Å². The number of aliphatic hydroxyl groups is 1. The molecule has 2 heteroatoms. The fraction of sp³-hybridized carbons (Fsp3) is 0.788. The van der Waals surface area contributed by atoms with Gasteiger partial charge in [0.25, 0.3) is 0 Å². The summed E-state index contributed by atoms with van der Waals surface area (Å²) in [6, 6.07) is 0. The highest BCUT2D eigenvalue weighted by molar-refractivity contribution is 5.36. The molecular weight excluding hydrogens is 428 g/mol. The predicted octanol–water partition coefficient (Wildman–Crippen LogP) is 9.83. The van der Waals surface area contributed by atoms with Crippen molar-refractivity contribution in [1.29, 1.82) is 0 Å². The van der Waals surface area contributed by atoms with Crippen LogP contribution in [0.5, 0.6) is 0 Å². The van der Waals surface area contributed by atoms with Crippen molar-refractivity contribution < 1.29 is 9.84 Å². The Morgan fingerprint density at radius 3 is 2.66 bits per heavy atom. The van der Waals surface area contributed by atoms with Crippen LogP contribution in [-0.2, 0) is 4.74 Å². The van der Waals surface area contributed by atoms with E-state index < -0.39 is 5.60 Å². The molecule has 0 aromatic heterocycles. The molecule has 0 saturated carbocycles. The van der Waals surface area contributed by atoms with Gasteiger partial charge in [-0.1, -0.05) is 75.3 Å². The summed E-state index contributed by atoms with van der Waals surface area (Å²) >= 11 is 0. The number of allylic oxidation sites excluding steroid dienone is 4. The van der Waals surface area contributed by atoms with Gasteiger partial charge in [0.05, 0.1) is 16.8 Å². The van der Waals surface area contributed by atoms with Crippen molar-refractivity contribution in [2.75, 3.05) is 0 Å². The Kier molecular flexibility index (Phi) is 12.3. The van der Waals surface area contributed by atoms with Gasteiger partial charge < -0.3 is 16.3 Å². The predicted molar refractivity (Wildman–Crippen MR) is 153 cm³/mol. The molecule has 0 spiro atoms. The van der Waals surface area contributed by atoms with Crippen LogP contribution in [0, 0.1) is 12.3 Å². The van der Waals surface area contributed by atoms with Gasteiger partial charge in [-0.2, -0.15) is 13.3 Å². The molecule has 1 N–H and O–H groups in total. The van der Waals surface area contributed by atoms with E-state index in [2.05, 4.69) is 66.2 Å². The third-order valence-electron chi connectivity index (χ3n) is 8.89. The van der Waals surface area contributed by atoms with E-state index >= 15 is 0 Å². The van der Waals surface area contributed by atoms with Gasteiger partial charge >= 0.3 is 0 Å². The van der Waals surface area contributed by atoms with Crippen LogP contribution >= 0.6 is 0 Å². The Bertz CT molecular complexity index is 727. The van der Waals surface area contributed by atoms with E-state index in [0.717, 1.165) is 57.8 Å². The van der Waals surface area contributed by atoms with Crippen LogP contribution in [0.1, 0.15) is 145 Å². The third-order valence-corrected chi connectivity index (χ3v) is 8.89. The van der Waals surface area contributed by atoms with Crippen molar-refractivity contribution in [1.82, 2.24) is 0 Å². The van der Waals surface area contributed by atoms with Crippen molar-refractivity contribution in [3.63, 3.8) is 0 Å². The maximum atomic E-state index is 10.6. The Balaban J connectivity index is 1.90. The van der Waals surface area contributed by atoms with Gasteiger partial charge in [-0.15, -0.1) is 0 Å². The zero-order valence-corrected chi connectivity index (χ0v) is 24.3. The molecule has 202 valence electrons. The maximum absolute atomic E-state index is 10.6. The van der Waals surface area contributed by atoms with Crippen molar-refractivity contribution in [3.8, 4) is 0 Å². The molecule has 2 nitrogen and oxygen atoms in total. The molecule has 1 saturated heterocycles. The fourth-order valence-corrected chi connectivity index (χ4v) is 6.21. The van der Waals surface area contributed by atoms with Gasteiger partial charge in [-0.25, -0.2) is 0 Å². The second-order valence-corrected chi connectivity index (χ2v) is 12.3. The molecule has 2 aliphatic rings. The van der Waals surface area contributed by atoms with Gasteiger partial charge in [0.2, 0.25) is 0 Å². The van der Waals surface area contributed by atoms with Crippen molar-refractivity contribution in [2.24, 2.45) is 5.92 Å². The van der Waals surface area contributed by atoms with E-state index in [1.165, 1.54) is 49.7 Å². The number of rotatable bonds is 16. The van der Waals surface area contributed by atoms with Crippen LogP contribution < -0.4 is 0 Å². The molecule has 35 heavy (non-hydrogen) atoms. The molecule has 0 aromatic carbocycles. The molecule has 4 unspecified atom stereocenters. The second kappa shape index (κ2) is 14.2. The Morgan fingerprint density at radius 1 is 1.17 bits per heavy atom. The second-order valence-electron chi connectivity index (χ2n) is 12.3. The summed E-state index contributed by atoms with van der Waals surface area (Å²) in [6.45, 7) is 15.7. The van der Waals surface area contributed by atoms with E-state index in [1.807, 2.05) is 6.92 Å². The Labute approximate surface area is 218 Å². The lowest BCUT2D eigenvalue weighted by atomic mass is 9.67. The molecule has 2 rings (SSSR count). The normalized spacial score (nSPS) is 28.8. The third kappa shape index (κ3) is 9.19. The maximum Gasteiger partial charge on any atom is 0.0964 e. The van der Waals surface area contributed by atoms with E-state index in [4.69, 9.17) is 4.74 Å². The van der Waals surface area contributed by atoms with Crippen LogP contribution in [0.3, 0.4) is 0 Å². The Hall–Kier alpha value is -0.860. The van der Waals surface area contributed by atoms with Crippen molar-refractivity contribution >= 4 is 0 Å². The summed E-state index contributed by atoms with van der Waals surface area (Å²) in [5, 5.41) is 10.6. The smallest absolute Gasteiger partial charge is 0.0964 e. The molecule has 0 aromatic rings. The van der Waals surface area contributed by atoms with E-state index in [0.29, 0.717) is 5.92 Å². The number of ether oxygens (including phenoxy) is 1. The van der Waals surface area contributed by atoms with Crippen LogP contribution in [0.4, 0.5) is 0 Å². The zero-order chi connectivity index (χ0) is 26.0. The first-order valence-electron chi connectivity index (χ1n) is 14.8. The number of unbranched alkanes of at least 4 members (excludes halogenated alkanes) is 5. The van der Waals surface area contributed by atoms with Gasteiger partial charge in [0.15, 0.2) is 0 Å². The summed E-state index contributed by atoms with van der Waals surface area (Å²) in [6.07, 6.45) is 26.3. The average molecular weight is 486 g/mol. The molecular formula is C33H57O2-. The van der Waals surface area contributed by atoms with Crippen LogP contribution in [0.2, 0.25) is 0 Å². The first-order chi connectivity index (χ1) is 16.6. The topological polar surface area (TPSA) is 29.5 Å². The highest BCUT2D eigenvalue weighted by Crippen LogP contribution is 2.51. The number of hydrogen-bond donors (Lipinski definition) is 1. The van der Waals surface area contributed by atoms with Gasteiger partial charge in [-0.3, -0.25) is 0 Å². The monoisotopic (exact) mass is 485 g/mol. The first-order valence-corrected chi connectivity index (χ1v) is 14.8. The quantitative estimate of drug-likeness (QED) is 0.134. The minimum Gasteiger partial charge on any atom is -0.390 e. The standard InChI is InChI=1S/C33H57O2/c1-8-10-12-14-25-33-29(5)28(4)19-20-30(33)21-26-32(7,35-33)24-16-18-27(3)17-15-23-31(6,34)22-13-11-9-2/h9,17,19-20,29,34H,8,10-16,18,21-26H2,1-7H3/q-1/b27-17+. The molecule has 1 heterocycles. The SMILES string of the molecule is C[CH-]CCCC(C)(O)CC/C=C(\C)CCCC1(C)CCC2=CC=C(C)C(C)C2(CCCCCC)O1. The summed E-state index contributed by atoms with van der Waals surface area (Å²) in [5.74, 6) is 0.466. The van der Waals surface area contributed by atoms with E-state index in [9.17, 15) is 5.11 Å². The van der Waals surface area contributed by atoms with Crippen LogP contribution in [-0.4, -0.2) is 21.9 Å². The molecule has 4 atom stereocenters. The van der Waals surface area contributed by atoms with E-state index in [1.54, 1.807) is 5.57 Å². The zero-order valence-electron chi connectivity index (χ0n) is 24.3. The van der Waals surface area contributed by atoms with Gasteiger partial charge in [0.1, 0.15) is 0 Å². The lowest BCUT2D eigenvalue weighted by Gasteiger charge is -2.53. The van der Waals surface area contributed by atoms with Crippen LogP contribution in [0.25, 0.3) is 0 Å². The minimum absolute atomic E-state index is 0.0335. The fourth-order valence-electron chi connectivity index (χ4n) is 6.21. The molecule has 0 radical (unpaired) electrons. The van der Waals surface area contributed by atoms with Crippen molar-refractivity contribution in [3.05, 3.63) is 41.4 Å². The number of fused-ring (bicyclic) bond motifs is 1. The van der Waals surface area contributed by atoms with Gasteiger partial charge in [0, 0.05) is 5.92 Å². The summed E-state index contributed by atoms with van der Waals surface area (Å²) in [4.78, 5) is 0. The summed E-state index contributed by atoms with van der Waals surface area (Å²) < 4.78 is 7.22. The first kappa shape index (κ1) is 30.4. The highest BCUT2D eigenvalue weighted by atomic mass is 16.5. The molecule has 1 aliphatic carbocycles. The van der Waals surface area contributed by atoms with Gasteiger partial charge in [-0.05, 0) is 91.1 Å². The lowest BCUT2D eigenvalue weighted by molar-refractivity contribution is -0.178. The summed E-state index contributed by atoms with van der Waals surface area (Å²) in [5.41, 5.74) is 3.81. The van der Waals surface area contributed by atoms with Crippen LogP contribution in [0.15, 0.2) is 34.9 Å². The molecule has 0 amide bonds. The highest BCUT2D eigenvalue weighted by Gasteiger charge is 2.50. The molecule has 0 bridgehead atoms. The summed E-state index contributed by atoms with van der Waals surface area (Å²) in [7, 11) is 0. The van der Waals surface area contributed by atoms with Crippen molar-refractivity contribution in [2.45, 2.75) is 162 Å². The minimum atomic E-state index is -0.539. The average Bonchev–Trinajstić information content (AvgIpc) is 2.80. The molecule has 1 fully saturated rings. The Morgan fingerprint density at radius 2 is 1.94 bits per heavy atom. The number of hydrogen-bond acceptors (Lipinski definition) is 2. The molecule has 1 aliphatic heterocycles.